The van der Waals surface area contributed by atoms with Crippen LogP contribution in [0.3, 0.4) is 0 Å². The maximum absolute atomic E-state index is 8.99. The highest BCUT2D eigenvalue weighted by Gasteiger charge is 2.16. The van der Waals surface area contributed by atoms with Gasteiger partial charge in [-0.1, -0.05) is 0 Å². The Labute approximate surface area is 138 Å². The van der Waals surface area contributed by atoms with Gasteiger partial charge in [0.05, 0.1) is 0 Å². The van der Waals surface area contributed by atoms with Gasteiger partial charge in [0.25, 0.3) is 0 Å². The summed E-state index contributed by atoms with van der Waals surface area (Å²) in [5.74, 6) is 0.689. The Hall–Kier alpha value is -1.22. The number of thioether (sulfide) groups is 1. The van der Waals surface area contributed by atoms with Crippen LogP contribution in [0.1, 0.15) is 13.3 Å². The highest BCUT2D eigenvalue weighted by Crippen LogP contribution is 2.28. The van der Waals surface area contributed by atoms with Gasteiger partial charge in [-0.05, 0) is 31.2 Å². The lowest BCUT2D eigenvalue weighted by Gasteiger charge is -2.22. The van der Waals surface area contributed by atoms with Crippen molar-refractivity contribution < 1.29 is 10.2 Å². The Bertz CT molecular complexity index is 602. The summed E-state index contributed by atoms with van der Waals surface area (Å²) in [5.41, 5.74) is 1.35. The maximum atomic E-state index is 8.99. The molecule has 0 amide bonds. The molecule has 7 nitrogen and oxygen atoms in total. The smallest absolute Gasteiger partial charge is 0.225 e. The Kier molecular flexibility index (Phi) is 8.32. The molecule has 2 aromatic rings. The standard InChI is InChI=1S/C12H16ClN5OS.CH4O/c1-3-18(5-4-6-19)10-8-9(16-12(13)17-10)11(20-2)15-7-14-8;1-2/h7,19H,3-6H2,1-2H3;2H,1H3. The zero-order valence-electron chi connectivity index (χ0n) is 12.8. The molecule has 2 aromatic heterocycles. The largest absolute Gasteiger partial charge is 0.400 e. The minimum Gasteiger partial charge on any atom is -0.400 e. The van der Waals surface area contributed by atoms with Crippen LogP contribution in [0.5, 0.6) is 0 Å². The quantitative estimate of drug-likeness (QED) is 0.463. The maximum Gasteiger partial charge on any atom is 0.225 e. The van der Waals surface area contributed by atoms with Crippen LogP contribution in [-0.4, -0.2) is 63.2 Å². The van der Waals surface area contributed by atoms with Crippen LogP contribution >= 0.6 is 23.4 Å². The van der Waals surface area contributed by atoms with Crippen molar-refractivity contribution in [2.24, 2.45) is 0 Å². The van der Waals surface area contributed by atoms with Gasteiger partial charge >= 0.3 is 0 Å². The average molecular weight is 346 g/mol. The van der Waals surface area contributed by atoms with E-state index in [1.165, 1.54) is 18.1 Å². The van der Waals surface area contributed by atoms with E-state index in [4.69, 9.17) is 21.8 Å². The highest BCUT2D eigenvalue weighted by atomic mass is 35.5. The number of fused-ring (bicyclic) bond motifs is 1. The van der Waals surface area contributed by atoms with Crippen LogP contribution in [0.4, 0.5) is 5.82 Å². The molecule has 2 heterocycles. The molecular formula is C13H20ClN5O2S. The first-order chi connectivity index (χ1) is 10.7. The first-order valence-electron chi connectivity index (χ1n) is 6.74. The predicted molar refractivity (Wildman–Crippen MR) is 89.7 cm³/mol. The van der Waals surface area contributed by atoms with Gasteiger partial charge < -0.3 is 15.1 Å². The van der Waals surface area contributed by atoms with Crippen LogP contribution in [0.25, 0.3) is 11.0 Å². The molecule has 122 valence electrons. The molecule has 0 aliphatic rings. The summed E-state index contributed by atoms with van der Waals surface area (Å²) in [5, 5.41) is 17.0. The van der Waals surface area contributed by atoms with Crippen molar-refractivity contribution >= 4 is 40.2 Å². The molecule has 0 saturated carbocycles. The summed E-state index contributed by atoms with van der Waals surface area (Å²) >= 11 is 7.52. The van der Waals surface area contributed by atoms with Gasteiger partial charge in [0.15, 0.2) is 5.82 Å². The molecule has 0 aliphatic carbocycles. The molecule has 2 rings (SSSR count). The third-order valence-electron chi connectivity index (χ3n) is 2.86. The minimum absolute atomic E-state index is 0.137. The van der Waals surface area contributed by atoms with Crippen molar-refractivity contribution in [3.8, 4) is 0 Å². The van der Waals surface area contributed by atoms with Crippen LogP contribution in [0, 0.1) is 0 Å². The molecule has 0 aliphatic heterocycles. The Morgan fingerprint density at radius 3 is 2.55 bits per heavy atom. The number of halogens is 1. The van der Waals surface area contributed by atoms with Crippen molar-refractivity contribution in [1.82, 2.24) is 19.9 Å². The first-order valence-corrected chi connectivity index (χ1v) is 8.34. The summed E-state index contributed by atoms with van der Waals surface area (Å²) in [4.78, 5) is 19.1. The van der Waals surface area contributed by atoms with E-state index in [0.717, 1.165) is 18.7 Å². The van der Waals surface area contributed by atoms with Gasteiger partial charge in [-0.15, -0.1) is 11.8 Å². The minimum atomic E-state index is 0.137. The summed E-state index contributed by atoms with van der Waals surface area (Å²) in [6.07, 6.45) is 4.10. The third kappa shape index (κ3) is 4.39. The van der Waals surface area contributed by atoms with Gasteiger partial charge in [-0.3, -0.25) is 0 Å². The van der Waals surface area contributed by atoms with Crippen LogP contribution in [-0.2, 0) is 0 Å². The van der Waals surface area contributed by atoms with Gasteiger partial charge in [-0.2, -0.15) is 4.98 Å². The van der Waals surface area contributed by atoms with E-state index in [0.29, 0.717) is 29.8 Å². The Morgan fingerprint density at radius 2 is 1.95 bits per heavy atom. The summed E-state index contributed by atoms with van der Waals surface area (Å²) < 4.78 is 0. The second-order valence-corrected chi connectivity index (χ2v) is 5.19. The lowest BCUT2D eigenvalue weighted by Crippen LogP contribution is -2.26. The predicted octanol–water partition coefficient (Wildman–Crippen LogP) is 1.61. The van der Waals surface area contributed by atoms with E-state index in [1.807, 2.05) is 18.1 Å². The van der Waals surface area contributed by atoms with Gasteiger partial charge in [0.1, 0.15) is 22.4 Å². The number of aromatic nitrogens is 4. The monoisotopic (exact) mass is 345 g/mol. The fraction of sp³-hybridized carbons (Fsp3) is 0.538. The molecule has 9 heteroatoms. The molecule has 0 aromatic carbocycles. The van der Waals surface area contributed by atoms with E-state index in [2.05, 4.69) is 19.9 Å². The van der Waals surface area contributed by atoms with E-state index >= 15 is 0 Å². The molecule has 0 atom stereocenters. The third-order valence-corrected chi connectivity index (χ3v) is 3.72. The molecule has 2 N–H and O–H groups in total. The second-order valence-electron chi connectivity index (χ2n) is 4.05. The number of hydrogen-bond acceptors (Lipinski definition) is 8. The fourth-order valence-corrected chi connectivity index (χ4v) is 2.58. The van der Waals surface area contributed by atoms with Crippen molar-refractivity contribution in [1.29, 1.82) is 0 Å². The van der Waals surface area contributed by atoms with Gasteiger partial charge in [0, 0.05) is 26.8 Å². The molecule has 0 bridgehead atoms. The van der Waals surface area contributed by atoms with Gasteiger partial charge in [0.2, 0.25) is 5.28 Å². The molecule has 0 fully saturated rings. The van der Waals surface area contributed by atoms with Crippen molar-refractivity contribution in [3.05, 3.63) is 11.6 Å². The lowest BCUT2D eigenvalue weighted by atomic mass is 10.3. The van der Waals surface area contributed by atoms with E-state index in [1.54, 1.807) is 0 Å². The Balaban J connectivity index is 0.00000116. The molecule has 22 heavy (non-hydrogen) atoms. The SMILES string of the molecule is CCN(CCCO)c1nc(Cl)nc2c(SC)ncnc12.CO. The zero-order valence-corrected chi connectivity index (χ0v) is 14.4. The number of anilines is 1. The highest BCUT2D eigenvalue weighted by molar-refractivity contribution is 7.98. The topological polar surface area (TPSA) is 95.3 Å². The average Bonchev–Trinajstić information content (AvgIpc) is 2.56. The number of nitrogens with zero attached hydrogens (tertiary/aromatic N) is 5. The van der Waals surface area contributed by atoms with Crippen LogP contribution in [0.15, 0.2) is 11.4 Å². The summed E-state index contributed by atoms with van der Waals surface area (Å²) in [6.45, 7) is 3.60. The molecular weight excluding hydrogens is 326 g/mol. The lowest BCUT2D eigenvalue weighted by molar-refractivity contribution is 0.289. The van der Waals surface area contributed by atoms with Crippen molar-refractivity contribution in [2.45, 2.75) is 18.4 Å². The Morgan fingerprint density at radius 1 is 1.23 bits per heavy atom. The zero-order chi connectivity index (χ0) is 16.5. The van der Waals surface area contributed by atoms with Crippen molar-refractivity contribution in [2.75, 3.05) is 38.0 Å². The molecule has 0 radical (unpaired) electrons. The fourth-order valence-electron chi connectivity index (χ4n) is 1.93. The van der Waals surface area contributed by atoms with Crippen molar-refractivity contribution in [3.63, 3.8) is 0 Å². The van der Waals surface area contributed by atoms with E-state index in [-0.39, 0.29) is 11.9 Å². The molecule has 0 spiro atoms. The van der Waals surface area contributed by atoms with E-state index < -0.39 is 0 Å². The van der Waals surface area contributed by atoms with Crippen LogP contribution < -0.4 is 4.90 Å². The van der Waals surface area contributed by atoms with Gasteiger partial charge in [-0.25, -0.2) is 15.0 Å². The molecule has 0 unspecified atom stereocenters. The second kappa shape index (κ2) is 9.73. The number of aliphatic hydroxyl groups is 2. The summed E-state index contributed by atoms with van der Waals surface area (Å²) in [7, 11) is 1.00. The molecule has 0 saturated heterocycles. The first kappa shape index (κ1) is 18.8. The van der Waals surface area contributed by atoms with Crippen LogP contribution in [0.2, 0.25) is 5.28 Å². The number of rotatable bonds is 6. The number of aliphatic hydroxyl groups excluding tert-OH is 2. The normalized spacial score (nSPS) is 10.3. The number of hydrogen-bond donors (Lipinski definition) is 2. The summed E-state index contributed by atoms with van der Waals surface area (Å²) in [6, 6.07) is 0. The van der Waals surface area contributed by atoms with E-state index in [9.17, 15) is 0 Å².